The number of nitrogens with one attached hydrogen (secondary N) is 1. The molecule has 2 aromatic carbocycles. The van der Waals surface area contributed by atoms with Crippen LogP contribution in [-0.4, -0.2) is 16.1 Å². The molecule has 140 valence electrons. The van der Waals surface area contributed by atoms with Gasteiger partial charge in [-0.15, -0.1) is 0 Å². The number of halogens is 1. The molecular formula is C22H28ClNO2. The van der Waals surface area contributed by atoms with Crippen LogP contribution >= 0.6 is 11.6 Å². The Bertz CT molecular complexity index is 842. The molecule has 0 amide bonds. The van der Waals surface area contributed by atoms with Crippen LogP contribution in [0.25, 0.3) is 22.2 Å². The molecule has 3 rings (SSSR count). The first-order valence-corrected chi connectivity index (χ1v) is 9.38. The summed E-state index contributed by atoms with van der Waals surface area (Å²) in [6, 6.07) is 11.1. The van der Waals surface area contributed by atoms with Crippen molar-refractivity contribution in [2.24, 2.45) is 0 Å². The van der Waals surface area contributed by atoms with Crippen molar-refractivity contribution in [3.05, 3.63) is 58.1 Å². The van der Waals surface area contributed by atoms with Crippen LogP contribution in [0.1, 0.15) is 55.6 Å². The Morgan fingerprint density at radius 2 is 1.65 bits per heavy atom. The van der Waals surface area contributed by atoms with Crippen molar-refractivity contribution in [2.45, 2.75) is 48.0 Å². The molecular weight excluding hydrogens is 346 g/mol. The largest absolute Gasteiger partial charge is 0.478 e. The molecule has 1 aromatic heterocycles. The average molecular weight is 374 g/mol. The van der Waals surface area contributed by atoms with Crippen LogP contribution in [-0.2, 0) is 0 Å². The van der Waals surface area contributed by atoms with Gasteiger partial charge in [0.05, 0.1) is 5.56 Å². The second kappa shape index (κ2) is 10.0. The predicted molar refractivity (Wildman–Crippen MR) is 112 cm³/mol. The summed E-state index contributed by atoms with van der Waals surface area (Å²) in [6.45, 7) is 12.1. The number of fused-ring (bicyclic) bond motifs is 1. The fourth-order valence-corrected chi connectivity index (χ4v) is 2.68. The standard InChI is InChI=1S/C17H14ClNO2.C3H8.C2H6/c1-9-5-11(17(20)21)3-4-13(9)16-7-12-6-10(2)14(18)8-15(12)19-16;1-3-2;1-2/h3-8,19H,1-2H3,(H,20,21);3H2,1-2H3;1-2H3. The van der Waals surface area contributed by atoms with Crippen molar-refractivity contribution in [3.63, 3.8) is 0 Å². The Balaban J connectivity index is 0.000000615. The SMILES string of the molecule is CC.CCC.Cc1cc2cc(-c3ccc(C(=O)O)cc3C)[nH]c2cc1Cl. The molecule has 26 heavy (non-hydrogen) atoms. The van der Waals surface area contributed by atoms with Gasteiger partial charge in [0.25, 0.3) is 0 Å². The highest BCUT2D eigenvalue weighted by molar-refractivity contribution is 6.32. The van der Waals surface area contributed by atoms with Gasteiger partial charge in [-0.1, -0.05) is 51.8 Å². The van der Waals surface area contributed by atoms with E-state index in [4.69, 9.17) is 16.7 Å². The zero-order valence-electron chi connectivity index (χ0n) is 16.4. The van der Waals surface area contributed by atoms with E-state index in [-0.39, 0.29) is 0 Å². The molecule has 4 heteroatoms. The van der Waals surface area contributed by atoms with Crippen molar-refractivity contribution in [3.8, 4) is 11.3 Å². The van der Waals surface area contributed by atoms with Crippen molar-refractivity contribution in [1.82, 2.24) is 4.98 Å². The molecule has 1 heterocycles. The lowest BCUT2D eigenvalue weighted by molar-refractivity contribution is 0.0697. The fraction of sp³-hybridized carbons (Fsp3) is 0.318. The van der Waals surface area contributed by atoms with Crippen LogP contribution in [0, 0.1) is 13.8 Å². The molecule has 3 aromatic rings. The number of carboxylic acids is 1. The first-order valence-electron chi connectivity index (χ1n) is 9.00. The highest BCUT2D eigenvalue weighted by Gasteiger charge is 2.10. The molecule has 0 bridgehead atoms. The van der Waals surface area contributed by atoms with Gasteiger partial charge in [-0.3, -0.25) is 0 Å². The molecule has 0 fully saturated rings. The molecule has 0 aliphatic carbocycles. The van der Waals surface area contributed by atoms with Gasteiger partial charge in [-0.05, 0) is 55.3 Å². The van der Waals surface area contributed by atoms with E-state index in [0.29, 0.717) is 5.56 Å². The summed E-state index contributed by atoms with van der Waals surface area (Å²) < 4.78 is 0. The van der Waals surface area contributed by atoms with Gasteiger partial charge < -0.3 is 10.1 Å². The molecule has 0 spiro atoms. The molecule has 0 saturated carbocycles. The summed E-state index contributed by atoms with van der Waals surface area (Å²) in [5.74, 6) is -0.913. The van der Waals surface area contributed by atoms with Gasteiger partial charge >= 0.3 is 5.97 Å². The Kier molecular flexibility index (Phi) is 8.40. The second-order valence-corrected chi connectivity index (χ2v) is 6.32. The first-order chi connectivity index (χ1) is 12.4. The van der Waals surface area contributed by atoms with Crippen molar-refractivity contribution < 1.29 is 9.90 Å². The van der Waals surface area contributed by atoms with E-state index in [9.17, 15) is 4.79 Å². The summed E-state index contributed by atoms with van der Waals surface area (Å²) in [7, 11) is 0. The number of hydrogen-bond acceptors (Lipinski definition) is 1. The Morgan fingerprint density at radius 1 is 1.04 bits per heavy atom. The van der Waals surface area contributed by atoms with E-state index < -0.39 is 5.97 Å². The van der Waals surface area contributed by atoms with Crippen LogP contribution < -0.4 is 0 Å². The maximum atomic E-state index is 11.0. The lowest BCUT2D eigenvalue weighted by Gasteiger charge is -2.04. The zero-order valence-corrected chi connectivity index (χ0v) is 17.2. The summed E-state index contributed by atoms with van der Waals surface area (Å²) in [4.78, 5) is 14.3. The predicted octanol–water partition coefficient (Wildman–Crippen LogP) is 7.25. The van der Waals surface area contributed by atoms with Crippen molar-refractivity contribution >= 4 is 28.5 Å². The van der Waals surface area contributed by atoms with Gasteiger partial charge in [-0.2, -0.15) is 0 Å². The number of hydrogen-bond donors (Lipinski definition) is 2. The van der Waals surface area contributed by atoms with E-state index in [1.807, 2.05) is 45.9 Å². The summed E-state index contributed by atoms with van der Waals surface area (Å²) >= 11 is 6.14. The molecule has 0 aliphatic rings. The molecule has 0 unspecified atom stereocenters. The number of aromatic carboxylic acids is 1. The fourth-order valence-electron chi connectivity index (χ4n) is 2.51. The van der Waals surface area contributed by atoms with E-state index >= 15 is 0 Å². The highest BCUT2D eigenvalue weighted by atomic mass is 35.5. The number of aromatic amines is 1. The Morgan fingerprint density at radius 3 is 2.19 bits per heavy atom. The number of carbonyl (C=O) groups is 1. The number of aromatic nitrogens is 1. The molecule has 0 saturated heterocycles. The molecule has 0 aliphatic heterocycles. The molecule has 0 radical (unpaired) electrons. The van der Waals surface area contributed by atoms with Gasteiger partial charge in [0.2, 0.25) is 0 Å². The minimum Gasteiger partial charge on any atom is -0.478 e. The van der Waals surface area contributed by atoms with Crippen LogP contribution in [0.2, 0.25) is 5.02 Å². The van der Waals surface area contributed by atoms with E-state index in [2.05, 4.69) is 24.9 Å². The van der Waals surface area contributed by atoms with Gasteiger partial charge in [-0.25, -0.2) is 4.79 Å². The molecule has 0 atom stereocenters. The monoisotopic (exact) mass is 373 g/mol. The van der Waals surface area contributed by atoms with Crippen molar-refractivity contribution in [2.75, 3.05) is 0 Å². The summed E-state index contributed by atoms with van der Waals surface area (Å²) in [5.41, 5.74) is 5.18. The van der Waals surface area contributed by atoms with E-state index in [0.717, 1.165) is 38.3 Å². The van der Waals surface area contributed by atoms with Gasteiger partial charge in [0, 0.05) is 27.2 Å². The maximum absolute atomic E-state index is 11.0. The molecule has 2 N–H and O–H groups in total. The van der Waals surface area contributed by atoms with Gasteiger partial charge in [0.1, 0.15) is 0 Å². The van der Waals surface area contributed by atoms with Crippen LogP contribution in [0.4, 0.5) is 0 Å². The minimum absolute atomic E-state index is 0.297. The average Bonchev–Trinajstić information content (AvgIpc) is 3.00. The number of carboxylic acid groups (broad SMARTS) is 1. The third-order valence-electron chi connectivity index (χ3n) is 3.66. The second-order valence-electron chi connectivity index (χ2n) is 5.91. The highest BCUT2D eigenvalue weighted by Crippen LogP contribution is 2.30. The molecule has 3 nitrogen and oxygen atoms in total. The maximum Gasteiger partial charge on any atom is 0.335 e. The third-order valence-corrected chi connectivity index (χ3v) is 4.07. The Labute approximate surface area is 161 Å². The number of H-pyrrole nitrogens is 1. The van der Waals surface area contributed by atoms with Gasteiger partial charge in [0.15, 0.2) is 0 Å². The smallest absolute Gasteiger partial charge is 0.335 e. The van der Waals surface area contributed by atoms with Crippen LogP contribution in [0.5, 0.6) is 0 Å². The number of aryl methyl sites for hydroxylation is 2. The van der Waals surface area contributed by atoms with Crippen LogP contribution in [0.3, 0.4) is 0 Å². The lowest BCUT2D eigenvalue weighted by atomic mass is 10.0. The topological polar surface area (TPSA) is 53.1 Å². The summed E-state index contributed by atoms with van der Waals surface area (Å²) in [6.07, 6.45) is 1.25. The minimum atomic E-state index is -0.913. The summed E-state index contributed by atoms with van der Waals surface area (Å²) in [5, 5.41) is 10.8. The number of rotatable bonds is 2. The quantitative estimate of drug-likeness (QED) is 0.497. The van der Waals surface area contributed by atoms with Crippen LogP contribution in [0.15, 0.2) is 36.4 Å². The third kappa shape index (κ3) is 5.12. The van der Waals surface area contributed by atoms with Crippen molar-refractivity contribution in [1.29, 1.82) is 0 Å². The van der Waals surface area contributed by atoms with E-state index in [1.165, 1.54) is 6.42 Å². The number of benzene rings is 2. The lowest BCUT2D eigenvalue weighted by Crippen LogP contribution is -1.97. The first kappa shape index (κ1) is 21.8. The zero-order chi connectivity index (χ0) is 19.9. The Hall–Kier alpha value is -2.26. The van der Waals surface area contributed by atoms with E-state index in [1.54, 1.807) is 12.1 Å². The normalized spacial score (nSPS) is 9.81.